The number of nitrogens with zero attached hydrogens (tertiary/aromatic N) is 3. The van der Waals surface area contributed by atoms with Crippen molar-refractivity contribution in [3.05, 3.63) is 52.2 Å². The summed E-state index contributed by atoms with van der Waals surface area (Å²) in [7, 11) is 1.44. The van der Waals surface area contributed by atoms with Gasteiger partial charge in [-0.25, -0.2) is 9.37 Å². The molecule has 0 aromatic carbocycles. The molecular formula is C21H21F4N5O3. The Morgan fingerprint density at radius 1 is 1.33 bits per heavy atom. The lowest BCUT2D eigenvalue weighted by atomic mass is 10.1. The summed E-state index contributed by atoms with van der Waals surface area (Å²) in [5, 5.41) is 0. The Kier molecular flexibility index (Phi) is 5.97. The molecule has 1 aliphatic heterocycles. The van der Waals surface area contributed by atoms with Crippen LogP contribution in [0.3, 0.4) is 0 Å². The zero-order valence-electron chi connectivity index (χ0n) is 17.8. The van der Waals surface area contributed by atoms with E-state index in [9.17, 15) is 22.4 Å². The van der Waals surface area contributed by atoms with Crippen LogP contribution in [-0.4, -0.2) is 45.5 Å². The molecule has 0 aliphatic carbocycles. The molecular weight excluding hydrogens is 446 g/mol. The summed E-state index contributed by atoms with van der Waals surface area (Å²) in [5.74, 6) is -1.37. The molecule has 12 heteroatoms. The number of alkyl halides is 3. The summed E-state index contributed by atoms with van der Waals surface area (Å²) in [4.78, 5) is 25.6. The van der Waals surface area contributed by atoms with Gasteiger partial charge in [0.15, 0.2) is 0 Å². The number of nitrogen functional groups attached to an aromatic ring is 1. The number of nitrogens with two attached hydrogens (primary N) is 1. The molecule has 0 spiro atoms. The molecule has 176 valence electrons. The van der Waals surface area contributed by atoms with E-state index in [1.807, 2.05) is 0 Å². The molecule has 4 rings (SSSR count). The van der Waals surface area contributed by atoms with E-state index in [1.165, 1.54) is 18.1 Å². The number of hydrogen-bond donors (Lipinski definition) is 2. The Morgan fingerprint density at radius 2 is 2.06 bits per heavy atom. The third kappa shape index (κ3) is 4.35. The minimum atomic E-state index is -4.73. The second kappa shape index (κ2) is 8.60. The van der Waals surface area contributed by atoms with Crippen molar-refractivity contribution in [1.29, 1.82) is 0 Å². The number of fused-ring (bicyclic) bond motifs is 3. The quantitative estimate of drug-likeness (QED) is 0.539. The second-order valence-corrected chi connectivity index (χ2v) is 7.78. The maximum atomic E-state index is 14.4. The van der Waals surface area contributed by atoms with Gasteiger partial charge in [-0.2, -0.15) is 13.2 Å². The summed E-state index contributed by atoms with van der Waals surface area (Å²) >= 11 is 0. The maximum Gasteiger partial charge on any atom is 0.417 e. The highest BCUT2D eigenvalue weighted by molar-refractivity contribution is 5.98. The summed E-state index contributed by atoms with van der Waals surface area (Å²) in [6, 6.07) is 1.35. The Hall–Kier alpha value is -3.25. The number of nitrogens with one attached hydrogen (secondary N) is 1. The highest BCUT2D eigenvalue weighted by Gasteiger charge is 2.33. The normalized spacial score (nSPS) is 14.5. The van der Waals surface area contributed by atoms with E-state index in [2.05, 4.69) is 15.0 Å². The Balaban J connectivity index is 1.68. The molecule has 1 amide bonds. The molecule has 0 unspecified atom stereocenters. The standard InChI is InChI=1S/C21H21F4N5O3/c1-10(7-32-2)30(6-17-14(22)3-11(5-27-17)21(23,24)25)20(31)16-4-15-18(28-16)12-8-33-9-13(12)19(26)29-15/h3-5,10,28H,6-9H2,1-2H3,(H2,26,29)/t10-/m1/s1. The zero-order valence-corrected chi connectivity index (χ0v) is 17.8. The fourth-order valence-corrected chi connectivity index (χ4v) is 3.77. The van der Waals surface area contributed by atoms with Gasteiger partial charge >= 0.3 is 6.18 Å². The van der Waals surface area contributed by atoms with E-state index in [4.69, 9.17) is 15.2 Å². The number of rotatable bonds is 6. The van der Waals surface area contributed by atoms with Crippen LogP contribution in [0.25, 0.3) is 11.0 Å². The number of methoxy groups -OCH3 is 1. The van der Waals surface area contributed by atoms with Gasteiger partial charge in [0.1, 0.15) is 17.3 Å². The van der Waals surface area contributed by atoms with Crippen molar-refractivity contribution in [1.82, 2.24) is 19.9 Å². The van der Waals surface area contributed by atoms with E-state index in [1.54, 1.807) is 6.92 Å². The number of aromatic amines is 1. The lowest BCUT2D eigenvalue weighted by molar-refractivity contribution is -0.138. The molecule has 0 bridgehead atoms. The first kappa shape index (κ1) is 22.9. The van der Waals surface area contributed by atoms with Crippen LogP contribution in [0.4, 0.5) is 23.4 Å². The molecule has 0 saturated heterocycles. The van der Waals surface area contributed by atoms with Crippen molar-refractivity contribution >= 4 is 22.8 Å². The van der Waals surface area contributed by atoms with Gasteiger partial charge in [0.05, 0.1) is 54.7 Å². The second-order valence-electron chi connectivity index (χ2n) is 7.78. The number of ether oxygens (including phenoxy) is 2. The fraction of sp³-hybridized carbons (Fsp3) is 0.381. The van der Waals surface area contributed by atoms with E-state index in [-0.39, 0.29) is 24.5 Å². The topological polar surface area (TPSA) is 106 Å². The third-order valence-corrected chi connectivity index (χ3v) is 5.50. The van der Waals surface area contributed by atoms with Crippen LogP contribution in [0.5, 0.6) is 0 Å². The molecule has 33 heavy (non-hydrogen) atoms. The van der Waals surface area contributed by atoms with Crippen LogP contribution in [0.1, 0.15) is 39.8 Å². The van der Waals surface area contributed by atoms with Gasteiger partial charge in [-0.3, -0.25) is 9.78 Å². The van der Waals surface area contributed by atoms with Crippen LogP contribution >= 0.6 is 0 Å². The van der Waals surface area contributed by atoms with Crippen molar-refractivity contribution in [3.8, 4) is 0 Å². The van der Waals surface area contributed by atoms with Crippen LogP contribution in [0.2, 0.25) is 0 Å². The summed E-state index contributed by atoms with van der Waals surface area (Å²) in [5.41, 5.74) is 7.28. The molecule has 8 nitrogen and oxygen atoms in total. The van der Waals surface area contributed by atoms with Crippen molar-refractivity contribution in [2.24, 2.45) is 0 Å². The Morgan fingerprint density at radius 3 is 2.73 bits per heavy atom. The predicted molar refractivity (Wildman–Crippen MR) is 109 cm³/mol. The van der Waals surface area contributed by atoms with Gasteiger partial charge in [-0.05, 0) is 19.1 Å². The van der Waals surface area contributed by atoms with Crippen molar-refractivity contribution in [2.75, 3.05) is 19.5 Å². The number of amides is 1. The highest BCUT2D eigenvalue weighted by Crippen LogP contribution is 2.32. The smallest absolute Gasteiger partial charge is 0.383 e. The van der Waals surface area contributed by atoms with Crippen LogP contribution < -0.4 is 5.73 Å². The number of carbonyl (C=O) groups is 1. The monoisotopic (exact) mass is 467 g/mol. The number of pyridine rings is 2. The molecule has 0 radical (unpaired) electrons. The summed E-state index contributed by atoms with van der Waals surface area (Å²) < 4.78 is 63.5. The van der Waals surface area contributed by atoms with E-state index < -0.39 is 29.5 Å². The number of carbonyl (C=O) groups excluding carboxylic acids is 1. The molecule has 3 aromatic rings. The lowest BCUT2D eigenvalue weighted by Crippen LogP contribution is -2.41. The predicted octanol–water partition coefficient (Wildman–Crippen LogP) is 3.41. The summed E-state index contributed by atoms with van der Waals surface area (Å²) in [6.45, 7) is 2.06. The van der Waals surface area contributed by atoms with Gasteiger partial charge in [0.2, 0.25) is 0 Å². The van der Waals surface area contributed by atoms with Crippen LogP contribution in [-0.2, 0) is 35.4 Å². The lowest BCUT2D eigenvalue weighted by Gasteiger charge is -2.28. The fourth-order valence-electron chi connectivity index (χ4n) is 3.77. The molecule has 3 aromatic heterocycles. The van der Waals surface area contributed by atoms with E-state index in [0.717, 1.165) is 11.1 Å². The van der Waals surface area contributed by atoms with Gasteiger partial charge in [-0.1, -0.05) is 0 Å². The number of halogens is 4. The summed E-state index contributed by atoms with van der Waals surface area (Å²) in [6.07, 6.45) is -4.19. The Bertz CT molecular complexity index is 1210. The third-order valence-electron chi connectivity index (χ3n) is 5.50. The van der Waals surface area contributed by atoms with Crippen molar-refractivity contribution in [2.45, 2.75) is 38.9 Å². The molecule has 3 N–H and O–H groups in total. The zero-order chi connectivity index (χ0) is 23.9. The Labute approximate surface area is 185 Å². The van der Waals surface area contributed by atoms with E-state index >= 15 is 0 Å². The largest absolute Gasteiger partial charge is 0.417 e. The molecule has 0 fully saturated rings. The van der Waals surface area contributed by atoms with Crippen LogP contribution in [0, 0.1) is 5.82 Å². The number of hydrogen-bond acceptors (Lipinski definition) is 6. The van der Waals surface area contributed by atoms with E-state index in [0.29, 0.717) is 42.3 Å². The minimum Gasteiger partial charge on any atom is -0.383 e. The van der Waals surface area contributed by atoms with Gasteiger partial charge in [0.25, 0.3) is 5.91 Å². The first-order valence-corrected chi connectivity index (χ1v) is 9.99. The van der Waals surface area contributed by atoms with Crippen LogP contribution in [0.15, 0.2) is 18.3 Å². The minimum absolute atomic E-state index is 0.114. The van der Waals surface area contributed by atoms with Crippen molar-refractivity contribution in [3.63, 3.8) is 0 Å². The number of H-pyrrole nitrogens is 1. The first-order chi connectivity index (χ1) is 15.6. The van der Waals surface area contributed by atoms with Crippen molar-refractivity contribution < 1.29 is 31.8 Å². The average molecular weight is 467 g/mol. The molecule has 1 aliphatic rings. The van der Waals surface area contributed by atoms with Gasteiger partial charge in [0, 0.05) is 24.4 Å². The molecule has 1 atom stereocenters. The van der Waals surface area contributed by atoms with Gasteiger partial charge < -0.3 is 25.1 Å². The highest BCUT2D eigenvalue weighted by atomic mass is 19.4. The maximum absolute atomic E-state index is 14.4. The number of aromatic nitrogens is 3. The SMILES string of the molecule is COC[C@@H](C)N(Cc1ncc(C(F)(F)F)cc1F)C(=O)c1cc2nc(N)c3c(c2[nH]1)COC3. The number of anilines is 1. The molecule has 4 heterocycles. The molecule has 0 saturated carbocycles. The first-order valence-electron chi connectivity index (χ1n) is 9.99. The average Bonchev–Trinajstić information content (AvgIpc) is 3.39. The van der Waals surface area contributed by atoms with Gasteiger partial charge in [-0.15, -0.1) is 0 Å².